The van der Waals surface area contributed by atoms with Crippen LogP contribution in [0.15, 0.2) is 77.9 Å². The molecule has 0 heterocycles. The van der Waals surface area contributed by atoms with Crippen molar-refractivity contribution in [1.29, 1.82) is 0 Å². The summed E-state index contributed by atoms with van der Waals surface area (Å²) in [5.41, 5.74) is 3.94. The SMILES string of the molecule is CCOC(=O)c1ccc(NC(=O)C(=O)N/N=C\c2ccc(OCC(=O)Nc3ccccc3OC)cc2)cc1. The van der Waals surface area contributed by atoms with Gasteiger partial charge in [0.2, 0.25) is 0 Å². The lowest BCUT2D eigenvalue weighted by Crippen LogP contribution is -2.32. The van der Waals surface area contributed by atoms with E-state index < -0.39 is 17.8 Å². The lowest BCUT2D eigenvalue weighted by atomic mass is 10.2. The summed E-state index contributed by atoms with van der Waals surface area (Å²) < 4.78 is 15.6. The molecule has 196 valence electrons. The Kier molecular flexibility index (Phi) is 9.94. The molecule has 0 bridgehead atoms. The van der Waals surface area contributed by atoms with Gasteiger partial charge in [-0.15, -0.1) is 0 Å². The summed E-state index contributed by atoms with van der Waals surface area (Å²) >= 11 is 0. The van der Waals surface area contributed by atoms with E-state index in [1.807, 2.05) is 0 Å². The third kappa shape index (κ3) is 8.19. The Balaban J connectivity index is 1.43. The number of anilines is 2. The molecule has 0 saturated heterocycles. The lowest BCUT2D eigenvalue weighted by Gasteiger charge is -2.10. The van der Waals surface area contributed by atoms with Gasteiger partial charge in [0.25, 0.3) is 5.91 Å². The Morgan fingerprint density at radius 3 is 2.26 bits per heavy atom. The van der Waals surface area contributed by atoms with E-state index in [0.29, 0.717) is 34.0 Å². The summed E-state index contributed by atoms with van der Waals surface area (Å²) in [5.74, 6) is -1.74. The molecule has 3 amide bonds. The van der Waals surface area contributed by atoms with Crippen LogP contribution in [0.1, 0.15) is 22.8 Å². The van der Waals surface area contributed by atoms with Gasteiger partial charge in [-0.1, -0.05) is 12.1 Å². The Morgan fingerprint density at radius 1 is 0.868 bits per heavy atom. The van der Waals surface area contributed by atoms with Crippen molar-refractivity contribution >= 4 is 41.3 Å². The van der Waals surface area contributed by atoms with Gasteiger partial charge in [0, 0.05) is 5.69 Å². The molecule has 0 aliphatic carbocycles. The fourth-order valence-corrected chi connectivity index (χ4v) is 3.04. The van der Waals surface area contributed by atoms with Crippen molar-refractivity contribution in [3.63, 3.8) is 0 Å². The first-order chi connectivity index (χ1) is 18.4. The number of esters is 1. The first-order valence-corrected chi connectivity index (χ1v) is 11.5. The average molecular weight is 519 g/mol. The van der Waals surface area contributed by atoms with Crippen LogP contribution in [-0.4, -0.2) is 50.2 Å². The maximum Gasteiger partial charge on any atom is 0.338 e. The van der Waals surface area contributed by atoms with E-state index in [9.17, 15) is 19.2 Å². The number of methoxy groups -OCH3 is 1. The van der Waals surface area contributed by atoms with Crippen LogP contribution < -0.4 is 25.5 Å². The highest BCUT2D eigenvalue weighted by molar-refractivity contribution is 6.39. The number of para-hydroxylation sites is 2. The fraction of sp³-hybridized carbons (Fsp3) is 0.148. The molecule has 11 nitrogen and oxygen atoms in total. The third-order valence-electron chi connectivity index (χ3n) is 4.87. The van der Waals surface area contributed by atoms with Gasteiger partial charge in [-0.25, -0.2) is 10.2 Å². The highest BCUT2D eigenvalue weighted by Gasteiger charge is 2.14. The minimum Gasteiger partial charge on any atom is -0.495 e. The van der Waals surface area contributed by atoms with Crippen molar-refractivity contribution in [2.45, 2.75) is 6.92 Å². The Morgan fingerprint density at radius 2 is 1.58 bits per heavy atom. The van der Waals surface area contributed by atoms with Gasteiger partial charge in [-0.2, -0.15) is 5.10 Å². The number of ether oxygens (including phenoxy) is 3. The largest absolute Gasteiger partial charge is 0.495 e. The molecule has 0 fully saturated rings. The number of amides is 3. The second-order valence-corrected chi connectivity index (χ2v) is 7.56. The van der Waals surface area contributed by atoms with E-state index >= 15 is 0 Å². The molecule has 0 unspecified atom stereocenters. The topological polar surface area (TPSA) is 144 Å². The first-order valence-electron chi connectivity index (χ1n) is 11.5. The Bertz CT molecular complexity index is 1310. The summed E-state index contributed by atoms with van der Waals surface area (Å²) in [6.45, 7) is 1.74. The summed E-state index contributed by atoms with van der Waals surface area (Å²) in [7, 11) is 1.52. The average Bonchev–Trinajstić information content (AvgIpc) is 2.93. The van der Waals surface area contributed by atoms with E-state index in [1.165, 1.54) is 37.6 Å². The molecule has 11 heteroatoms. The van der Waals surface area contributed by atoms with Gasteiger partial charge in [-0.3, -0.25) is 14.4 Å². The number of benzene rings is 3. The van der Waals surface area contributed by atoms with Crippen molar-refractivity contribution in [2.24, 2.45) is 5.10 Å². The standard InChI is InChI=1S/C27H26N4O7/c1-3-37-27(35)19-10-12-20(13-11-19)29-25(33)26(34)31-28-16-18-8-14-21(15-9-18)38-17-24(32)30-22-6-4-5-7-23(22)36-2/h4-16H,3,17H2,1-2H3,(H,29,33)(H,30,32)(H,31,34)/b28-16-. The number of nitrogens with one attached hydrogen (secondary N) is 3. The van der Waals surface area contributed by atoms with Gasteiger partial charge in [0.05, 0.1) is 31.2 Å². The van der Waals surface area contributed by atoms with Crippen LogP contribution in [0, 0.1) is 0 Å². The van der Waals surface area contributed by atoms with Crippen LogP contribution >= 0.6 is 0 Å². The molecule has 0 saturated carbocycles. The molecular formula is C27H26N4O7. The van der Waals surface area contributed by atoms with Crippen molar-refractivity contribution in [1.82, 2.24) is 5.43 Å². The van der Waals surface area contributed by atoms with Crippen molar-refractivity contribution < 1.29 is 33.4 Å². The normalized spacial score (nSPS) is 10.4. The summed E-state index contributed by atoms with van der Waals surface area (Å²) in [6, 6.07) is 19.5. The predicted octanol–water partition coefficient (Wildman–Crippen LogP) is 2.98. The molecule has 0 spiro atoms. The third-order valence-corrected chi connectivity index (χ3v) is 4.87. The smallest absolute Gasteiger partial charge is 0.338 e. The molecule has 3 aromatic rings. The van der Waals surface area contributed by atoms with E-state index in [4.69, 9.17) is 14.2 Å². The Labute approximate surface area is 218 Å². The monoisotopic (exact) mass is 518 g/mol. The lowest BCUT2D eigenvalue weighted by molar-refractivity contribution is -0.136. The molecule has 3 N–H and O–H groups in total. The molecule has 0 atom stereocenters. The quantitative estimate of drug-likeness (QED) is 0.162. The highest BCUT2D eigenvalue weighted by Crippen LogP contribution is 2.23. The first kappa shape index (κ1) is 27.4. The van der Waals surface area contributed by atoms with Crippen LogP contribution in [0.5, 0.6) is 11.5 Å². The van der Waals surface area contributed by atoms with E-state index in [2.05, 4.69) is 21.2 Å². The van der Waals surface area contributed by atoms with Crippen LogP contribution in [0.2, 0.25) is 0 Å². The number of hydrazone groups is 1. The molecule has 0 aromatic heterocycles. The second kappa shape index (κ2) is 13.8. The molecular weight excluding hydrogens is 492 g/mol. The van der Waals surface area contributed by atoms with E-state index in [1.54, 1.807) is 55.5 Å². The maximum atomic E-state index is 12.2. The highest BCUT2D eigenvalue weighted by atomic mass is 16.5. The van der Waals surface area contributed by atoms with Crippen LogP contribution in [0.4, 0.5) is 11.4 Å². The van der Waals surface area contributed by atoms with Crippen LogP contribution in [-0.2, 0) is 19.1 Å². The van der Waals surface area contributed by atoms with E-state index in [-0.39, 0.29) is 19.1 Å². The second-order valence-electron chi connectivity index (χ2n) is 7.56. The molecule has 0 aliphatic rings. The molecule has 3 aromatic carbocycles. The summed E-state index contributed by atoms with van der Waals surface area (Å²) in [5, 5.41) is 8.89. The number of hydrogen-bond acceptors (Lipinski definition) is 8. The fourth-order valence-electron chi connectivity index (χ4n) is 3.04. The van der Waals surface area contributed by atoms with Gasteiger partial charge in [-0.05, 0) is 73.2 Å². The summed E-state index contributed by atoms with van der Waals surface area (Å²) in [4.78, 5) is 47.9. The number of rotatable bonds is 10. The molecule has 0 radical (unpaired) electrons. The zero-order valence-electron chi connectivity index (χ0n) is 20.7. The van der Waals surface area contributed by atoms with Crippen LogP contribution in [0.3, 0.4) is 0 Å². The van der Waals surface area contributed by atoms with Gasteiger partial charge in [0.1, 0.15) is 11.5 Å². The maximum absolute atomic E-state index is 12.2. The van der Waals surface area contributed by atoms with Crippen LogP contribution in [0.25, 0.3) is 0 Å². The van der Waals surface area contributed by atoms with Gasteiger partial charge < -0.3 is 24.8 Å². The zero-order valence-corrected chi connectivity index (χ0v) is 20.7. The zero-order chi connectivity index (χ0) is 27.3. The van der Waals surface area contributed by atoms with Crippen molar-refractivity contribution in [2.75, 3.05) is 31.0 Å². The minimum atomic E-state index is -0.975. The Hall–Kier alpha value is -5.19. The van der Waals surface area contributed by atoms with Crippen molar-refractivity contribution in [3.8, 4) is 11.5 Å². The number of carbonyl (C=O) groups excluding carboxylic acids is 4. The summed E-state index contributed by atoms with van der Waals surface area (Å²) in [6.07, 6.45) is 1.34. The van der Waals surface area contributed by atoms with Gasteiger partial charge >= 0.3 is 17.8 Å². The molecule has 3 rings (SSSR count). The minimum absolute atomic E-state index is 0.206. The van der Waals surface area contributed by atoms with Crippen molar-refractivity contribution in [3.05, 3.63) is 83.9 Å². The predicted molar refractivity (Wildman–Crippen MR) is 140 cm³/mol. The van der Waals surface area contributed by atoms with E-state index in [0.717, 1.165) is 0 Å². The number of nitrogens with zero attached hydrogens (tertiary/aromatic N) is 1. The van der Waals surface area contributed by atoms with Gasteiger partial charge in [0.15, 0.2) is 6.61 Å². The number of carbonyl (C=O) groups is 4. The molecule has 0 aliphatic heterocycles. The molecule has 38 heavy (non-hydrogen) atoms. The number of hydrogen-bond donors (Lipinski definition) is 3.